The van der Waals surface area contributed by atoms with Crippen LogP contribution in [0.4, 0.5) is 10.1 Å². The standard InChI is InChI=1S/C13H14FN3O2/c1-16(11-6-4-3-5-10(11)14)8-12-9(13(18)19)7-15-17(12)2/h3-7H,8H2,1-2H3,(H,18,19). The fourth-order valence-corrected chi connectivity index (χ4v) is 1.90. The van der Waals surface area contributed by atoms with Gasteiger partial charge in [0.25, 0.3) is 0 Å². The normalized spacial score (nSPS) is 10.5. The summed E-state index contributed by atoms with van der Waals surface area (Å²) in [4.78, 5) is 12.7. The molecule has 0 aliphatic carbocycles. The van der Waals surface area contributed by atoms with Gasteiger partial charge < -0.3 is 10.0 Å². The van der Waals surface area contributed by atoms with Crippen LogP contribution in [0, 0.1) is 5.82 Å². The van der Waals surface area contributed by atoms with Crippen molar-refractivity contribution >= 4 is 11.7 Å². The molecule has 0 saturated carbocycles. The van der Waals surface area contributed by atoms with Gasteiger partial charge >= 0.3 is 5.97 Å². The van der Waals surface area contributed by atoms with Crippen molar-refractivity contribution in [2.75, 3.05) is 11.9 Å². The minimum atomic E-state index is -1.04. The number of rotatable bonds is 4. The highest BCUT2D eigenvalue weighted by atomic mass is 19.1. The van der Waals surface area contributed by atoms with Crippen LogP contribution in [0.25, 0.3) is 0 Å². The molecule has 0 spiro atoms. The van der Waals surface area contributed by atoms with E-state index in [0.29, 0.717) is 11.4 Å². The number of para-hydroxylation sites is 1. The number of aryl methyl sites for hydroxylation is 1. The fraction of sp³-hybridized carbons (Fsp3) is 0.231. The lowest BCUT2D eigenvalue weighted by molar-refractivity contribution is 0.0695. The van der Waals surface area contributed by atoms with Crippen molar-refractivity contribution in [1.82, 2.24) is 9.78 Å². The molecule has 19 heavy (non-hydrogen) atoms. The predicted octanol–water partition coefficient (Wildman–Crippen LogP) is 1.89. The van der Waals surface area contributed by atoms with Crippen LogP contribution in [0.5, 0.6) is 0 Å². The zero-order valence-electron chi connectivity index (χ0n) is 10.7. The highest BCUT2D eigenvalue weighted by molar-refractivity contribution is 5.88. The maximum absolute atomic E-state index is 13.6. The average molecular weight is 263 g/mol. The minimum absolute atomic E-state index is 0.130. The molecule has 0 aliphatic heterocycles. The number of carbonyl (C=O) groups is 1. The molecule has 0 radical (unpaired) electrons. The SMILES string of the molecule is CN(Cc1c(C(=O)O)cnn1C)c1ccccc1F. The number of halogens is 1. The van der Waals surface area contributed by atoms with E-state index in [1.807, 2.05) is 0 Å². The smallest absolute Gasteiger partial charge is 0.339 e. The van der Waals surface area contributed by atoms with Gasteiger partial charge in [-0.3, -0.25) is 4.68 Å². The Kier molecular flexibility index (Phi) is 3.50. The molecule has 5 nitrogen and oxygen atoms in total. The molecule has 100 valence electrons. The number of hydrogen-bond acceptors (Lipinski definition) is 3. The maximum atomic E-state index is 13.6. The molecule has 1 heterocycles. The quantitative estimate of drug-likeness (QED) is 0.915. The van der Waals surface area contributed by atoms with Crippen molar-refractivity contribution in [1.29, 1.82) is 0 Å². The van der Waals surface area contributed by atoms with Crippen LogP contribution in [0.1, 0.15) is 16.1 Å². The number of carboxylic acids is 1. The third-order valence-corrected chi connectivity index (χ3v) is 2.94. The van der Waals surface area contributed by atoms with E-state index in [2.05, 4.69) is 5.10 Å². The van der Waals surface area contributed by atoms with Gasteiger partial charge in [0, 0.05) is 14.1 Å². The highest BCUT2D eigenvalue weighted by Crippen LogP contribution is 2.20. The Bertz CT molecular complexity index is 610. The molecule has 2 rings (SSSR count). The van der Waals surface area contributed by atoms with Crippen LogP contribution in [-0.4, -0.2) is 27.9 Å². The maximum Gasteiger partial charge on any atom is 0.339 e. The van der Waals surface area contributed by atoms with Crippen LogP contribution in [0.2, 0.25) is 0 Å². The Morgan fingerprint density at radius 2 is 2.16 bits per heavy atom. The second kappa shape index (κ2) is 5.09. The number of nitrogens with zero attached hydrogens (tertiary/aromatic N) is 3. The summed E-state index contributed by atoms with van der Waals surface area (Å²) in [5.74, 6) is -1.38. The number of carboxylic acid groups (broad SMARTS) is 1. The molecule has 0 fully saturated rings. The van der Waals surface area contributed by atoms with Crippen molar-refractivity contribution in [3.8, 4) is 0 Å². The molecule has 1 N–H and O–H groups in total. The number of aromatic nitrogens is 2. The summed E-state index contributed by atoms with van der Waals surface area (Å²) in [5, 5.41) is 13.0. The summed E-state index contributed by atoms with van der Waals surface area (Å²) < 4.78 is 15.1. The van der Waals surface area contributed by atoms with Crippen LogP contribution in [0.15, 0.2) is 30.5 Å². The molecule has 2 aromatic rings. The molecule has 0 aliphatic rings. The highest BCUT2D eigenvalue weighted by Gasteiger charge is 2.17. The number of hydrogen-bond donors (Lipinski definition) is 1. The van der Waals surface area contributed by atoms with E-state index in [-0.39, 0.29) is 17.9 Å². The molecule has 6 heteroatoms. The summed E-state index contributed by atoms with van der Waals surface area (Å²) in [7, 11) is 3.37. The van der Waals surface area contributed by atoms with Crippen molar-refractivity contribution < 1.29 is 14.3 Å². The Labute approximate surface area is 109 Å². The van der Waals surface area contributed by atoms with E-state index in [1.165, 1.54) is 16.9 Å². The van der Waals surface area contributed by atoms with E-state index in [1.54, 1.807) is 37.2 Å². The van der Waals surface area contributed by atoms with Crippen LogP contribution < -0.4 is 4.90 Å². The lowest BCUT2D eigenvalue weighted by Crippen LogP contribution is -2.21. The molecular formula is C13H14FN3O2. The molecule has 0 saturated heterocycles. The summed E-state index contributed by atoms with van der Waals surface area (Å²) in [6, 6.07) is 6.36. The lowest BCUT2D eigenvalue weighted by atomic mass is 10.2. The van der Waals surface area contributed by atoms with E-state index in [9.17, 15) is 9.18 Å². The van der Waals surface area contributed by atoms with Gasteiger partial charge in [0.2, 0.25) is 0 Å². The van der Waals surface area contributed by atoms with Crippen molar-refractivity contribution in [2.45, 2.75) is 6.54 Å². The van der Waals surface area contributed by atoms with Gasteiger partial charge in [0.05, 0.1) is 24.1 Å². The number of benzene rings is 1. The van der Waals surface area contributed by atoms with Gasteiger partial charge in [-0.25, -0.2) is 9.18 Å². The molecule has 0 amide bonds. The van der Waals surface area contributed by atoms with E-state index < -0.39 is 5.97 Å². The lowest BCUT2D eigenvalue weighted by Gasteiger charge is -2.20. The first kappa shape index (κ1) is 13.1. The second-order valence-electron chi connectivity index (χ2n) is 4.24. The van der Waals surface area contributed by atoms with Crippen molar-refractivity contribution in [3.05, 3.63) is 47.5 Å². The largest absolute Gasteiger partial charge is 0.478 e. The Morgan fingerprint density at radius 1 is 1.47 bits per heavy atom. The molecule has 0 bridgehead atoms. The number of anilines is 1. The summed E-state index contributed by atoms with van der Waals surface area (Å²) in [6.45, 7) is 0.263. The third-order valence-electron chi connectivity index (χ3n) is 2.94. The first-order valence-electron chi connectivity index (χ1n) is 5.70. The molecule has 1 aromatic carbocycles. The van der Waals surface area contributed by atoms with Crippen LogP contribution in [-0.2, 0) is 13.6 Å². The number of aromatic carboxylic acids is 1. The van der Waals surface area contributed by atoms with Gasteiger partial charge in [0.1, 0.15) is 11.4 Å². The summed E-state index contributed by atoms with van der Waals surface area (Å²) >= 11 is 0. The first-order valence-corrected chi connectivity index (χ1v) is 5.70. The third kappa shape index (κ3) is 2.57. The zero-order chi connectivity index (χ0) is 14.0. The molecule has 1 aromatic heterocycles. The Morgan fingerprint density at radius 3 is 2.79 bits per heavy atom. The Balaban J connectivity index is 2.29. The van der Waals surface area contributed by atoms with Gasteiger partial charge in [-0.2, -0.15) is 5.10 Å². The molecular weight excluding hydrogens is 249 g/mol. The molecule has 0 unspecified atom stereocenters. The van der Waals surface area contributed by atoms with E-state index in [4.69, 9.17) is 5.11 Å². The topological polar surface area (TPSA) is 58.4 Å². The second-order valence-corrected chi connectivity index (χ2v) is 4.24. The first-order chi connectivity index (χ1) is 9.00. The van der Waals surface area contributed by atoms with Gasteiger partial charge in [-0.1, -0.05) is 12.1 Å². The zero-order valence-corrected chi connectivity index (χ0v) is 10.7. The Hall–Kier alpha value is -2.37. The van der Waals surface area contributed by atoms with Crippen LogP contribution in [0.3, 0.4) is 0 Å². The van der Waals surface area contributed by atoms with Gasteiger partial charge in [0.15, 0.2) is 0 Å². The fourth-order valence-electron chi connectivity index (χ4n) is 1.90. The van der Waals surface area contributed by atoms with E-state index >= 15 is 0 Å². The monoisotopic (exact) mass is 263 g/mol. The van der Waals surface area contributed by atoms with Crippen molar-refractivity contribution in [3.63, 3.8) is 0 Å². The molecule has 0 atom stereocenters. The average Bonchev–Trinajstić information content (AvgIpc) is 2.71. The van der Waals surface area contributed by atoms with Gasteiger partial charge in [-0.15, -0.1) is 0 Å². The summed E-state index contributed by atoms with van der Waals surface area (Å²) in [6.07, 6.45) is 1.30. The summed E-state index contributed by atoms with van der Waals surface area (Å²) in [5.41, 5.74) is 1.07. The van der Waals surface area contributed by atoms with Crippen LogP contribution >= 0.6 is 0 Å². The van der Waals surface area contributed by atoms with Gasteiger partial charge in [-0.05, 0) is 12.1 Å². The predicted molar refractivity (Wildman–Crippen MR) is 68.7 cm³/mol. The minimum Gasteiger partial charge on any atom is -0.478 e. The van der Waals surface area contributed by atoms with Crippen molar-refractivity contribution in [2.24, 2.45) is 7.05 Å². The van der Waals surface area contributed by atoms with E-state index in [0.717, 1.165) is 0 Å².